The lowest BCUT2D eigenvalue weighted by molar-refractivity contribution is -0.206. The van der Waals surface area contributed by atoms with Gasteiger partial charge in [-0.05, 0) is 54.7 Å². The maximum Gasteiger partial charge on any atom is 0.419 e. The summed E-state index contributed by atoms with van der Waals surface area (Å²) >= 11 is 0. The highest BCUT2D eigenvalue weighted by Gasteiger charge is 2.56. The molecule has 0 radical (unpaired) electrons. The molecule has 1 heterocycles. The Morgan fingerprint density at radius 1 is 0.960 bits per heavy atom. The van der Waals surface area contributed by atoms with Crippen LogP contribution in [0.25, 0.3) is 11.3 Å². The van der Waals surface area contributed by atoms with Crippen LogP contribution in [-0.4, -0.2) is 52.4 Å². The molecule has 0 saturated heterocycles. The summed E-state index contributed by atoms with van der Waals surface area (Å²) in [7, 11) is 1.04. The Balaban J connectivity index is 1.50. The van der Waals surface area contributed by atoms with E-state index in [4.69, 9.17) is 4.74 Å². The summed E-state index contributed by atoms with van der Waals surface area (Å²) in [5.41, 5.74) is -5.14. The van der Waals surface area contributed by atoms with Gasteiger partial charge < -0.3 is 20.5 Å². The van der Waals surface area contributed by atoms with Crippen molar-refractivity contribution in [3.05, 3.63) is 82.7 Å². The summed E-state index contributed by atoms with van der Waals surface area (Å²) in [5, 5.41) is 14.2. The molecule has 5 atom stereocenters. The molecule has 0 spiro atoms. The maximum absolute atomic E-state index is 14.8. The first-order valence-electron chi connectivity index (χ1n) is 14.4. The Kier molecular flexibility index (Phi) is 9.59. The zero-order chi connectivity index (χ0) is 36.9. The van der Waals surface area contributed by atoms with E-state index >= 15 is 0 Å². The summed E-state index contributed by atoms with van der Waals surface area (Å²) in [5.74, 6) is -9.32. The van der Waals surface area contributed by atoms with Crippen molar-refractivity contribution in [2.75, 3.05) is 12.4 Å². The van der Waals surface area contributed by atoms with Crippen LogP contribution in [0.15, 0.2) is 54.2 Å². The smallest absolute Gasteiger partial charge is 0.419 e. The molecule has 0 aliphatic heterocycles. The molecule has 50 heavy (non-hydrogen) atoms. The Hall–Kier alpha value is -4.81. The summed E-state index contributed by atoms with van der Waals surface area (Å²) in [6.45, 7) is 0. The number of nitrogens with zero attached hydrogens (tertiary/aromatic N) is 2. The number of aromatic nitrogens is 2. The highest BCUT2D eigenvalue weighted by Crippen LogP contribution is 2.54. The number of nitrogens with one attached hydrogen (secondary N) is 2. The number of fused-ring (bicyclic) bond motifs is 2. The summed E-state index contributed by atoms with van der Waals surface area (Å²) in [6, 6.07) is 2.02. The molecule has 5 rings (SSSR count). The zero-order valence-corrected chi connectivity index (χ0v) is 25.1. The van der Waals surface area contributed by atoms with Crippen LogP contribution >= 0.6 is 0 Å². The van der Waals surface area contributed by atoms with E-state index in [0.29, 0.717) is 30.3 Å². The largest absolute Gasteiger partial charge is 0.479 e. The van der Waals surface area contributed by atoms with E-state index in [1.807, 2.05) is 0 Å². The molecule has 2 aliphatic carbocycles. The number of hydrogen-bond acceptors (Lipinski definition) is 6. The van der Waals surface area contributed by atoms with Gasteiger partial charge in [0.25, 0.3) is 5.91 Å². The van der Waals surface area contributed by atoms with Gasteiger partial charge in [0.1, 0.15) is 11.6 Å². The molecule has 3 aromatic rings. The highest BCUT2D eigenvalue weighted by molar-refractivity contribution is 5.98. The lowest BCUT2D eigenvalue weighted by atomic mass is 9.83. The van der Waals surface area contributed by atoms with E-state index < -0.39 is 112 Å². The molecule has 19 heteroatoms. The van der Waals surface area contributed by atoms with Gasteiger partial charge in [0, 0.05) is 29.3 Å². The van der Waals surface area contributed by atoms with E-state index in [2.05, 4.69) is 20.6 Å². The number of carbonyl (C=O) groups excluding carboxylic acids is 2. The molecule has 2 unspecified atom stereocenters. The minimum absolute atomic E-state index is 0.0203. The molecule has 2 aromatic carbocycles. The van der Waals surface area contributed by atoms with Gasteiger partial charge in [0.05, 0.1) is 30.5 Å². The molecule has 268 valence electrons. The van der Waals surface area contributed by atoms with E-state index in [-0.39, 0.29) is 24.5 Å². The van der Waals surface area contributed by atoms with Crippen LogP contribution < -0.4 is 15.4 Å². The van der Waals surface area contributed by atoms with E-state index in [0.717, 1.165) is 19.4 Å². The fourth-order valence-corrected chi connectivity index (χ4v) is 6.35. The fourth-order valence-electron chi connectivity index (χ4n) is 6.35. The predicted octanol–water partition coefficient (Wildman–Crippen LogP) is 6.93. The summed E-state index contributed by atoms with van der Waals surface area (Å²) < 4.78 is 153. The summed E-state index contributed by atoms with van der Waals surface area (Å²) in [4.78, 5) is 34.9. The van der Waals surface area contributed by atoms with Gasteiger partial charge in [-0.25, -0.2) is 18.7 Å². The standard InChI is InChI=1S/C31H23F11N4O4/c1-50-28-24(45-21(11-43-28)16-8-12(2-6-19(16)32)25(47)31(40,41)42)27(49)46-23-15-5-4-14(17(15)10-29(34,35)36)22(23)26(48)44-13-3-7-20(33)18(9-13)30(37,38)39/h2-3,6-11,14-15,22-23,25,47H,4-5H2,1H3,(H,44,48)(H,46,49)/b17-10-/t14?,15?,22-,23+,25-/m0/s1. The lowest BCUT2D eigenvalue weighted by Crippen LogP contribution is -2.48. The Morgan fingerprint density at radius 2 is 1.62 bits per heavy atom. The van der Waals surface area contributed by atoms with Crippen LogP contribution in [0.5, 0.6) is 5.88 Å². The summed E-state index contributed by atoms with van der Waals surface area (Å²) in [6.07, 6.45) is -17.2. The minimum atomic E-state index is -5.15. The molecule has 2 aliphatic rings. The van der Waals surface area contributed by atoms with Crippen molar-refractivity contribution in [3.8, 4) is 17.1 Å². The number of allylic oxidation sites excluding steroid dienone is 1. The first-order chi connectivity index (χ1) is 23.2. The Labute approximate surface area is 274 Å². The van der Waals surface area contributed by atoms with Crippen LogP contribution in [0.2, 0.25) is 0 Å². The number of halogens is 11. The molecule has 2 fully saturated rings. The Morgan fingerprint density at radius 3 is 2.24 bits per heavy atom. The fraction of sp³-hybridized carbons (Fsp3) is 0.355. The average Bonchev–Trinajstić information content (AvgIpc) is 3.53. The number of aliphatic hydroxyl groups is 1. The van der Waals surface area contributed by atoms with Gasteiger partial charge >= 0.3 is 18.5 Å². The minimum Gasteiger partial charge on any atom is -0.479 e. The number of methoxy groups -OCH3 is 1. The molecule has 2 amide bonds. The number of amides is 2. The molecule has 8 nitrogen and oxygen atoms in total. The van der Waals surface area contributed by atoms with Crippen LogP contribution in [0.1, 0.15) is 40.6 Å². The predicted molar refractivity (Wildman–Crippen MR) is 150 cm³/mol. The third-order valence-electron chi connectivity index (χ3n) is 8.41. The number of alkyl halides is 9. The quantitative estimate of drug-likeness (QED) is 0.180. The van der Waals surface area contributed by atoms with Gasteiger partial charge in [-0.15, -0.1) is 0 Å². The molecular formula is C31H23F11N4O4. The molecule has 3 N–H and O–H groups in total. The van der Waals surface area contributed by atoms with Crippen LogP contribution in [0.4, 0.5) is 54.0 Å². The molecular weight excluding hydrogens is 701 g/mol. The van der Waals surface area contributed by atoms with Crippen LogP contribution in [0.3, 0.4) is 0 Å². The average molecular weight is 725 g/mol. The highest BCUT2D eigenvalue weighted by atomic mass is 19.4. The zero-order valence-electron chi connectivity index (χ0n) is 25.1. The van der Waals surface area contributed by atoms with E-state index in [1.165, 1.54) is 0 Å². The number of ether oxygens (including phenoxy) is 1. The van der Waals surface area contributed by atoms with Crippen molar-refractivity contribution >= 4 is 17.5 Å². The van der Waals surface area contributed by atoms with Gasteiger partial charge in [-0.2, -0.15) is 39.5 Å². The van der Waals surface area contributed by atoms with Crippen molar-refractivity contribution in [3.63, 3.8) is 0 Å². The number of anilines is 1. The van der Waals surface area contributed by atoms with Crippen molar-refractivity contribution < 1.29 is 67.7 Å². The number of rotatable bonds is 7. The third kappa shape index (κ3) is 7.36. The van der Waals surface area contributed by atoms with Gasteiger partial charge in [-0.1, -0.05) is 11.6 Å². The number of hydrogen-bond donors (Lipinski definition) is 3. The second-order valence-corrected chi connectivity index (χ2v) is 11.5. The van der Waals surface area contributed by atoms with Crippen molar-refractivity contribution in [1.29, 1.82) is 0 Å². The normalized spacial score (nSPS) is 22.1. The molecule has 2 bridgehead atoms. The first kappa shape index (κ1) is 36.5. The van der Waals surface area contributed by atoms with Crippen LogP contribution in [0, 0.1) is 29.4 Å². The molecule has 1 aromatic heterocycles. The van der Waals surface area contributed by atoms with Crippen molar-refractivity contribution in [2.45, 2.75) is 43.5 Å². The SMILES string of the molecule is COc1ncc(-c2cc([C@H](O)C(F)(F)F)ccc2F)nc1C(=O)N[C@@H]1C2CCC(/C2=C/C(F)(F)F)[C@@H]1C(=O)Nc1ccc(F)c(C(F)(F)F)c1. The second-order valence-electron chi connectivity index (χ2n) is 11.5. The first-order valence-corrected chi connectivity index (χ1v) is 14.4. The van der Waals surface area contributed by atoms with Crippen molar-refractivity contribution in [2.24, 2.45) is 17.8 Å². The number of aliphatic hydroxyl groups excluding tert-OH is 1. The van der Waals surface area contributed by atoms with Gasteiger partial charge in [0.2, 0.25) is 11.8 Å². The Bertz CT molecular complexity index is 1840. The van der Waals surface area contributed by atoms with Gasteiger partial charge in [-0.3, -0.25) is 9.59 Å². The van der Waals surface area contributed by atoms with Gasteiger partial charge in [0.15, 0.2) is 11.8 Å². The number of carbonyl (C=O) groups is 2. The van der Waals surface area contributed by atoms with Crippen LogP contribution in [-0.2, 0) is 11.0 Å². The lowest BCUT2D eigenvalue weighted by Gasteiger charge is -2.30. The number of benzene rings is 2. The van der Waals surface area contributed by atoms with E-state index in [9.17, 15) is 63.0 Å². The monoisotopic (exact) mass is 724 g/mol. The van der Waals surface area contributed by atoms with Crippen molar-refractivity contribution in [1.82, 2.24) is 15.3 Å². The molecule has 2 saturated carbocycles. The topological polar surface area (TPSA) is 113 Å². The van der Waals surface area contributed by atoms with E-state index in [1.54, 1.807) is 0 Å². The third-order valence-corrected chi connectivity index (χ3v) is 8.41. The second kappa shape index (κ2) is 13.1. The maximum atomic E-state index is 14.8.